The van der Waals surface area contributed by atoms with Crippen LogP contribution in [0, 0.1) is 5.82 Å². The Balaban J connectivity index is 1.51. The number of alkyl halides is 1. The second-order valence-corrected chi connectivity index (χ2v) is 10.4. The molecular weight excluding hydrogens is 517 g/mol. The van der Waals surface area contributed by atoms with Gasteiger partial charge < -0.3 is 9.84 Å². The Morgan fingerprint density at radius 1 is 1.08 bits per heavy atom. The number of allylic oxidation sites excluding steroid dienone is 1. The van der Waals surface area contributed by atoms with Gasteiger partial charge in [-0.3, -0.25) is 9.29 Å². The normalized spacial score (nSPS) is 18.1. The fourth-order valence-electron chi connectivity index (χ4n) is 5.30. The van der Waals surface area contributed by atoms with Crippen molar-refractivity contribution in [3.05, 3.63) is 86.8 Å². The Hall–Kier alpha value is -2.67. The number of hydrogen-bond acceptors (Lipinski definition) is 4. The summed E-state index contributed by atoms with van der Waals surface area (Å²) in [6, 6.07) is 12.3. The van der Waals surface area contributed by atoms with Gasteiger partial charge in [0.05, 0.1) is 6.67 Å². The van der Waals surface area contributed by atoms with Crippen LogP contribution >= 0.6 is 23.2 Å². The number of ether oxygens (including phenoxy) is 1. The van der Waals surface area contributed by atoms with Gasteiger partial charge in [-0.25, -0.2) is 9.37 Å². The van der Waals surface area contributed by atoms with E-state index in [1.54, 1.807) is 24.4 Å². The molecule has 194 valence electrons. The first-order valence-corrected chi connectivity index (χ1v) is 13.3. The van der Waals surface area contributed by atoms with E-state index in [-0.39, 0.29) is 18.5 Å². The third kappa shape index (κ3) is 5.62. The summed E-state index contributed by atoms with van der Waals surface area (Å²) in [6.07, 6.45) is 5.01. The van der Waals surface area contributed by atoms with Crippen LogP contribution in [0.2, 0.25) is 10.0 Å². The van der Waals surface area contributed by atoms with E-state index in [1.165, 1.54) is 6.07 Å². The zero-order valence-corrected chi connectivity index (χ0v) is 21.8. The van der Waals surface area contributed by atoms with Gasteiger partial charge in [0.15, 0.2) is 11.6 Å². The average Bonchev–Trinajstić information content (AvgIpc) is 3.24. The third-order valence-corrected chi connectivity index (χ3v) is 7.60. The number of likely N-dealkylation sites (tertiary alicyclic amines) is 1. The van der Waals surface area contributed by atoms with Crippen molar-refractivity contribution in [3.63, 3.8) is 0 Å². The lowest BCUT2D eigenvalue weighted by Gasteiger charge is -2.19. The maximum atomic E-state index is 15.0. The smallest absolute Gasteiger partial charge is 0.213 e. The van der Waals surface area contributed by atoms with Crippen molar-refractivity contribution < 1.29 is 18.6 Å². The molecule has 1 aliphatic carbocycles. The van der Waals surface area contributed by atoms with Crippen molar-refractivity contribution in [2.75, 3.05) is 26.3 Å². The maximum absolute atomic E-state index is 15.0. The lowest BCUT2D eigenvalue weighted by Crippen LogP contribution is -2.26. The van der Waals surface area contributed by atoms with E-state index in [2.05, 4.69) is 9.88 Å². The summed E-state index contributed by atoms with van der Waals surface area (Å²) >= 11 is 12.8. The van der Waals surface area contributed by atoms with Crippen molar-refractivity contribution >= 4 is 34.3 Å². The molecule has 2 heterocycles. The number of fused-ring (bicyclic) bond motifs is 1. The fourth-order valence-corrected chi connectivity index (χ4v) is 5.82. The van der Waals surface area contributed by atoms with E-state index >= 15 is 4.39 Å². The lowest BCUT2D eigenvalue weighted by atomic mass is 9.88. The molecule has 0 bridgehead atoms. The summed E-state index contributed by atoms with van der Waals surface area (Å²) in [6.45, 7) is 2.06. The molecule has 4 nitrogen and oxygen atoms in total. The van der Waals surface area contributed by atoms with Crippen molar-refractivity contribution in [3.8, 4) is 11.6 Å². The predicted octanol–water partition coefficient (Wildman–Crippen LogP) is 7.34. The first kappa shape index (κ1) is 26.0. The van der Waals surface area contributed by atoms with Crippen LogP contribution in [0.25, 0.3) is 11.1 Å². The second kappa shape index (κ2) is 11.4. The van der Waals surface area contributed by atoms with E-state index < -0.39 is 5.82 Å². The molecular formula is C29H28Cl2F2N2O2. The molecule has 1 fully saturated rings. The molecule has 0 saturated carbocycles. The number of halogens is 4. The summed E-state index contributed by atoms with van der Waals surface area (Å²) in [5.74, 6) is -0.437. The Morgan fingerprint density at radius 3 is 2.68 bits per heavy atom. The highest BCUT2D eigenvalue weighted by Gasteiger charge is 2.26. The molecule has 0 unspecified atom stereocenters. The molecule has 5 rings (SSSR count). The SMILES string of the molecule is Oc1ccc2c(c1F)CCCC(c1ccc(Cl)cc1Cl)=C2c1ccc(O[C@H]2CCN(CCCF)C2)nc1. The highest BCUT2D eigenvalue weighted by Crippen LogP contribution is 2.43. The van der Waals surface area contributed by atoms with E-state index in [1.807, 2.05) is 18.2 Å². The van der Waals surface area contributed by atoms with Crippen LogP contribution in [0.5, 0.6) is 11.6 Å². The standard InChI is InChI=1S/C29H28Cl2F2N2O2/c30-19-6-7-21(25(31)15-19)22-3-1-4-24-23(8-9-26(36)29(24)33)28(22)18-5-10-27(34-16-18)37-20-11-14-35(17-20)13-2-12-32/h5-10,15-16,20,36H,1-4,11-14,17H2/t20-/m0/s1. The number of hydrogen-bond donors (Lipinski definition) is 1. The van der Waals surface area contributed by atoms with E-state index in [9.17, 15) is 9.50 Å². The maximum Gasteiger partial charge on any atom is 0.213 e. The Labute approximate surface area is 225 Å². The quantitative estimate of drug-likeness (QED) is 0.338. The van der Waals surface area contributed by atoms with Crippen LogP contribution in [0.3, 0.4) is 0 Å². The molecule has 1 atom stereocenters. The number of nitrogens with zero attached hydrogens (tertiary/aromatic N) is 2. The summed E-state index contributed by atoms with van der Waals surface area (Å²) in [5, 5.41) is 11.1. The van der Waals surface area contributed by atoms with Crippen LogP contribution in [-0.2, 0) is 6.42 Å². The molecule has 37 heavy (non-hydrogen) atoms. The van der Waals surface area contributed by atoms with E-state index in [0.717, 1.165) is 48.3 Å². The van der Waals surface area contributed by atoms with Gasteiger partial charge in [-0.1, -0.05) is 35.3 Å². The molecule has 2 aliphatic rings. The van der Waals surface area contributed by atoms with Gasteiger partial charge in [0.1, 0.15) is 6.10 Å². The molecule has 0 amide bonds. The minimum absolute atomic E-state index is 0.0105. The molecule has 1 aromatic heterocycles. The van der Waals surface area contributed by atoms with E-state index in [4.69, 9.17) is 27.9 Å². The van der Waals surface area contributed by atoms with Gasteiger partial charge in [-0.2, -0.15) is 0 Å². The second-order valence-electron chi connectivity index (χ2n) is 9.51. The number of aromatic hydroxyl groups is 1. The van der Waals surface area contributed by atoms with Crippen LogP contribution < -0.4 is 4.74 Å². The van der Waals surface area contributed by atoms with Crippen molar-refractivity contribution in [2.24, 2.45) is 0 Å². The topological polar surface area (TPSA) is 45.6 Å². The van der Waals surface area contributed by atoms with Gasteiger partial charge in [0.2, 0.25) is 5.88 Å². The van der Waals surface area contributed by atoms with Gasteiger partial charge in [0.25, 0.3) is 0 Å². The molecule has 1 saturated heterocycles. The Bertz CT molecular complexity index is 1310. The largest absolute Gasteiger partial charge is 0.505 e. The first-order chi connectivity index (χ1) is 17.9. The first-order valence-electron chi connectivity index (χ1n) is 12.5. The zero-order chi connectivity index (χ0) is 25.9. The predicted molar refractivity (Wildman–Crippen MR) is 144 cm³/mol. The minimum Gasteiger partial charge on any atom is -0.505 e. The van der Waals surface area contributed by atoms with Crippen LogP contribution in [0.1, 0.15) is 47.9 Å². The fraction of sp³-hybridized carbons (Fsp3) is 0.345. The number of phenolic OH excluding ortho intramolecular Hbond substituents is 1. The number of benzene rings is 2. The zero-order valence-electron chi connectivity index (χ0n) is 20.3. The van der Waals surface area contributed by atoms with Crippen molar-refractivity contribution in [2.45, 2.75) is 38.2 Å². The van der Waals surface area contributed by atoms with Gasteiger partial charge in [-0.05, 0) is 84.2 Å². The van der Waals surface area contributed by atoms with Crippen LogP contribution in [-0.4, -0.2) is 47.4 Å². The monoisotopic (exact) mass is 544 g/mol. The number of rotatable bonds is 7. The number of pyridine rings is 1. The molecule has 0 spiro atoms. The lowest BCUT2D eigenvalue weighted by molar-refractivity contribution is 0.191. The molecule has 1 aliphatic heterocycles. The third-order valence-electron chi connectivity index (χ3n) is 7.05. The van der Waals surface area contributed by atoms with Crippen LogP contribution in [0.15, 0.2) is 48.7 Å². The van der Waals surface area contributed by atoms with Gasteiger partial charge in [0, 0.05) is 47.5 Å². The molecule has 1 N–H and O–H groups in total. The Kier molecular flexibility index (Phi) is 7.98. The van der Waals surface area contributed by atoms with E-state index in [0.29, 0.717) is 52.7 Å². The minimum atomic E-state index is -0.593. The molecule has 0 radical (unpaired) electrons. The van der Waals surface area contributed by atoms with Crippen molar-refractivity contribution in [1.29, 1.82) is 0 Å². The highest BCUT2D eigenvalue weighted by molar-refractivity contribution is 6.36. The highest BCUT2D eigenvalue weighted by atomic mass is 35.5. The summed E-state index contributed by atoms with van der Waals surface area (Å²) in [4.78, 5) is 6.79. The molecule has 2 aromatic carbocycles. The summed E-state index contributed by atoms with van der Waals surface area (Å²) < 4.78 is 33.6. The average molecular weight is 545 g/mol. The summed E-state index contributed by atoms with van der Waals surface area (Å²) in [5.41, 5.74) is 4.63. The summed E-state index contributed by atoms with van der Waals surface area (Å²) in [7, 11) is 0. The van der Waals surface area contributed by atoms with Gasteiger partial charge in [-0.15, -0.1) is 0 Å². The number of aromatic nitrogens is 1. The number of phenols is 1. The van der Waals surface area contributed by atoms with Gasteiger partial charge >= 0.3 is 0 Å². The van der Waals surface area contributed by atoms with Crippen molar-refractivity contribution in [1.82, 2.24) is 9.88 Å². The molecule has 8 heteroatoms. The Morgan fingerprint density at radius 2 is 1.92 bits per heavy atom. The molecule has 3 aromatic rings. The van der Waals surface area contributed by atoms with Crippen LogP contribution in [0.4, 0.5) is 8.78 Å².